The van der Waals surface area contributed by atoms with Gasteiger partial charge in [0.1, 0.15) is 17.1 Å². The SMILES string of the molecule is CS(=O)(=O)CC(=O)Nc1c2c(nn1CCC1CC1)C[C@@]1(CCc3cc(N4CCC(F)(F)C4)ccc31)NC2=O. The van der Waals surface area contributed by atoms with Gasteiger partial charge in [-0.2, -0.15) is 5.10 Å². The van der Waals surface area contributed by atoms with Gasteiger partial charge in [-0.25, -0.2) is 21.9 Å². The zero-order valence-electron chi connectivity index (χ0n) is 21.2. The molecule has 1 atom stereocenters. The molecule has 0 radical (unpaired) electrons. The number of rotatable bonds is 7. The molecule has 3 heterocycles. The highest BCUT2D eigenvalue weighted by molar-refractivity contribution is 7.91. The van der Waals surface area contributed by atoms with E-state index in [1.807, 2.05) is 18.2 Å². The zero-order chi connectivity index (χ0) is 26.9. The maximum Gasteiger partial charge on any atom is 0.266 e. The Morgan fingerprint density at radius 3 is 2.74 bits per heavy atom. The fraction of sp³-hybridized carbons (Fsp3) is 0.577. The Morgan fingerprint density at radius 1 is 1.26 bits per heavy atom. The van der Waals surface area contributed by atoms with Gasteiger partial charge in [0, 0.05) is 37.9 Å². The number of nitrogens with one attached hydrogen (secondary N) is 2. The number of aromatic nitrogens is 2. The molecule has 2 fully saturated rings. The maximum atomic E-state index is 13.8. The van der Waals surface area contributed by atoms with Crippen LogP contribution in [0.1, 0.15) is 59.3 Å². The van der Waals surface area contributed by atoms with Crippen LogP contribution in [-0.2, 0) is 39.6 Å². The first kappa shape index (κ1) is 25.3. The predicted octanol–water partition coefficient (Wildman–Crippen LogP) is 2.64. The molecule has 1 aromatic heterocycles. The van der Waals surface area contributed by atoms with Crippen molar-refractivity contribution in [3.63, 3.8) is 0 Å². The molecule has 12 heteroatoms. The van der Waals surface area contributed by atoms with Gasteiger partial charge in [-0.3, -0.25) is 9.59 Å². The number of hydrogen-bond donors (Lipinski definition) is 2. The Morgan fingerprint density at radius 2 is 2.05 bits per heavy atom. The summed E-state index contributed by atoms with van der Waals surface area (Å²) in [5.74, 6) is -3.59. The number of benzene rings is 1. The summed E-state index contributed by atoms with van der Waals surface area (Å²) in [7, 11) is -3.55. The van der Waals surface area contributed by atoms with E-state index in [-0.39, 0.29) is 30.3 Å². The molecule has 2 aliphatic heterocycles. The van der Waals surface area contributed by atoms with E-state index >= 15 is 0 Å². The number of carbonyl (C=O) groups excluding carboxylic acids is 2. The van der Waals surface area contributed by atoms with Crippen LogP contribution in [0.3, 0.4) is 0 Å². The number of nitrogens with zero attached hydrogens (tertiary/aromatic N) is 3. The van der Waals surface area contributed by atoms with Crippen molar-refractivity contribution in [3.8, 4) is 0 Å². The summed E-state index contributed by atoms with van der Waals surface area (Å²) in [6.45, 7) is 0.541. The van der Waals surface area contributed by atoms with Crippen LogP contribution in [-0.4, -0.2) is 61.0 Å². The molecule has 204 valence electrons. The van der Waals surface area contributed by atoms with Crippen molar-refractivity contribution in [1.82, 2.24) is 15.1 Å². The summed E-state index contributed by atoms with van der Waals surface area (Å²) < 4.78 is 52.5. The number of sulfone groups is 1. The van der Waals surface area contributed by atoms with E-state index in [9.17, 15) is 26.8 Å². The van der Waals surface area contributed by atoms with Crippen LogP contribution in [0, 0.1) is 5.92 Å². The molecule has 1 spiro atoms. The minimum absolute atomic E-state index is 0.153. The molecule has 0 bridgehead atoms. The van der Waals surface area contributed by atoms with Crippen molar-refractivity contribution in [2.75, 3.05) is 35.3 Å². The third-order valence-electron chi connectivity index (χ3n) is 8.13. The van der Waals surface area contributed by atoms with Crippen LogP contribution in [0.4, 0.5) is 20.3 Å². The van der Waals surface area contributed by atoms with E-state index in [2.05, 4.69) is 10.6 Å². The lowest BCUT2D eigenvalue weighted by atomic mass is 9.82. The summed E-state index contributed by atoms with van der Waals surface area (Å²) in [5, 5.41) is 10.6. The maximum absolute atomic E-state index is 13.8. The molecule has 38 heavy (non-hydrogen) atoms. The van der Waals surface area contributed by atoms with E-state index < -0.39 is 33.0 Å². The second-order valence-corrected chi connectivity index (χ2v) is 13.5. The molecule has 1 aromatic carbocycles. The van der Waals surface area contributed by atoms with Crippen molar-refractivity contribution in [3.05, 3.63) is 40.6 Å². The van der Waals surface area contributed by atoms with E-state index in [0.717, 1.165) is 42.3 Å². The number of alkyl halides is 2. The second kappa shape index (κ2) is 8.75. The summed E-state index contributed by atoms with van der Waals surface area (Å²) in [6.07, 6.45) is 5.76. The van der Waals surface area contributed by atoms with Crippen LogP contribution >= 0.6 is 0 Å². The highest BCUT2D eigenvalue weighted by Gasteiger charge is 2.47. The first-order valence-electron chi connectivity index (χ1n) is 13.1. The third kappa shape index (κ3) is 4.78. The van der Waals surface area contributed by atoms with Crippen molar-refractivity contribution >= 4 is 33.2 Å². The van der Waals surface area contributed by atoms with Gasteiger partial charge >= 0.3 is 0 Å². The molecule has 1 saturated carbocycles. The Balaban J connectivity index is 1.30. The Labute approximate surface area is 219 Å². The molecule has 1 saturated heterocycles. The normalized spacial score (nSPS) is 23.9. The molecule has 2 aliphatic carbocycles. The van der Waals surface area contributed by atoms with Crippen molar-refractivity contribution < 1.29 is 26.8 Å². The van der Waals surface area contributed by atoms with Crippen molar-refractivity contribution in [1.29, 1.82) is 0 Å². The number of aryl methyl sites for hydroxylation is 2. The Bertz CT molecular complexity index is 1440. The molecule has 2 amide bonds. The fourth-order valence-electron chi connectivity index (χ4n) is 6.09. The van der Waals surface area contributed by atoms with Gasteiger partial charge < -0.3 is 15.5 Å². The number of anilines is 2. The van der Waals surface area contributed by atoms with Crippen LogP contribution < -0.4 is 15.5 Å². The zero-order valence-corrected chi connectivity index (χ0v) is 22.0. The first-order valence-corrected chi connectivity index (χ1v) is 15.1. The second-order valence-electron chi connectivity index (χ2n) is 11.3. The van der Waals surface area contributed by atoms with E-state index in [1.165, 1.54) is 0 Å². The average Bonchev–Trinajstić information content (AvgIpc) is 3.37. The van der Waals surface area contributed by atoms with Gasteiger partial charge in [-0.1, -0.05) is 18.9 Å². The fourth-order valence-corrected chi connectivity index (χ4v) is 6.64. The Kier molecular flexibility index (Phi) is 5.82. The molecule has 9 nitrogen and oxygen atoms in total. The molecular weight excluding hydrogens is 516 g/mol. The number of carbonyl (C=O) groups is 2. The van der Waals surface area contributed by atoms with Crippen molar-refractivity contribution in [2.45, 2.75) is 63.0 Å². The van der Waals surface area contributed by atoms with E-state index in [1.54, 1.807) is 9.58 Å². The smallest absolute Gasteiger partial charge is 0.266 e. The quantitative estimate of drug-likeness (QED) is 0.551. The summed E-state index contributed by atoms with van der Waals surface area (Å²) in [5.41, 5.74) is 2.92. The number of hydrogen-bond acceptors (Lipinski definition) is 6. The monoisotopic (exact) mass is 547 g/mol. The molecule has 2 aromatic rings. The molecule has 0 unspecified atom stereocenters. The number of amides is 2. The molecular formula is C26H31F2N5O4S. The van der Waals surface area contributed by atoms with Gasteiger partial charge in [0.2, 0.25) is 5.91 Å². The molecule has 4 aliphatic rings. The lowest BCUT2D eigenvalue weighted by molar-refractivity contribution is -0.113. The lowest BCUT2D eigenvalue weighted by Crippen LogP contribution is -2.50. The van der Waals surface area contributed by atoms with Gasteiger partial charge in [0.05, 0.1) is 17.8 Å². The predicted molar refractivity (Wildman–Crippen MR) is 137 cm³/mol. The average molecular weight is 548 g/mol. The third-order valence-corrected chi connectivity index (χ3v) is 8.92. The van der Waals surface area contributed by atoms with Gasteiger partial charge in [-0.05, 0) is 48.4 Å². The first-order chi connectivity index (χ1) is 17.9. The molecule has 2 N–H and O–H groups in total. The van der Waals surface area contributed by atoms with Crippen LogP contribution in [0.2, 0.25) is 0 Å². The van der Waals surface area contributed by atoms with Gasteiger partial charge in [-0.15, -0.1) is 0 Å². The Hall–Kier alpha value is -3.02. The summed E-state index contributed by atoms with van der Waals surface area (Å²) >= 11 is 0. The lowest BCUT2D eigenvalue weighted by Gasteiger charge is -2.35. The van der Waals surface area contributed by atoms with Crippen molar-refractivity contribution in [2.24, 2.45) is 5.92 Å². The summed E-state index contributed by atoms with van der Waals surface area (Å²) in [4.78, 5) is 27.7. The highest BCUT2D eigenvalue weighted by Crippen LogP contribution is 2.45. The van der Waals surface area contributed by atoms with E-state index in [4.69, 9.17) is 5.10 Å². The number of halogens is 2. The minimum Gasteiger partial charge on any atom is -0.365 e. The highest BCUT2D eigenvalue weighted by atomic mass is 32.2. The van der Waals surface area contributed by atoms with E-state index in [0.29, 0.717) is 44.0 Å². The topological polar surface area (TPSA) is 113 Å². The largest absolute Gasteiger partial charge is 0.365 e. The van der Waals surface area contributed by atoms with Crippen LogP contribution in [0.25, 0.3) is 0 Å². The summed E-state index contributed by atoms with van der Waals surface area (Å²) in [6, 6.07) is 5.73. The van der Waals surface area contributed by atoms with Crippen LogP contribution in [0.5, 0.6) is 0 Å². The van der Waals surface area contributed by atoms with Gasteiger partial charge in [0.15, 0.2) is 9.84 Å². The minimum atomic E-state index is -3.55. The standard InChI is InChI=1S/C26H31F2N5O4S/c1-38(36,37)14-21(34)29-23-22-20(31-33(23)10-7-16-2-3-16)13-25(30-24(22)35)8-6-17-12-18(4-5-19(17)25)32-11-9-26(27,28)15-32/h4-5,12,16H,2-3,6-11,13-15H2,1H3,(H,29,34)(H,30,35)/t25-/m1/s1. The number of fused-ring (bicyclic) bond motifs is 3. The van der Waals surface area contributed by atoms with Gasteiger partial charge in [0.25, 0.3) is 11.8 Å². The molecule has 6 rings (SSSR count). The van der Waals surface area contributed by atoms with Crippen LogP contribution in [0.15, 0.2) is 18.2 Å².